The second kappa shape index (κ2) is 8.55. The first kappa shape index (κ1) is 21.1. The molecule has 0 N–H and O–H groups in total. The molecule has 0 aliphatic carbocycles. The van der Waals surface area contributed by atoms with Crippen molar-refractivity contribution in [1.29, 1.82) is 0 Å². The maximum absolute atomic E-state index is 13.2. The molecule has 9 heteroatoms. The van der Waals surface area contributed by atoms with E-state index in [9.17, 15) is 13.2 Å². The van der Waals surface area contributed by atoms with Gasteiger partial charge in [-0.1, -0.05) is 23.2 Å². The number of likely N-dealkylation sites (tertiary alicyclic amines) is 1. The van der Waals surface area contributed by atoms with Crippen LogP contribution in [0.5, 0.6) is 0 Å². The Balaban J connectivity index is 1.44. The number of nitrogens with zero attached hydrogens (tertiary/aromatic N) is 2. The summed E-state index contributed by atoms with van der Waals surface area (Å²) in [4.78, 5) is 15.2. The van der Waals surface area contributed by atoms with Crippen molar-refractivity contribution in [3.8, 4) is 0 Å². The zero-order valence-corrected chi connectivity index (χ0v) is 18.9. The highest BCUT2D eigenvalue weighted by molar-refractivity contribution is 7.89. The molecule has 4 rings (SSSR count). The van der Waals surface area contributed by atoms with Crippen LogP contribution in [0.2, 0.25) is 10.0 Å². The summed E-state index contributed by atoms with van der Waals surface area (Å²) >= 11 is 13.7. The number of hydrogen-bond donors (Lipinski definition) is 0. The van der Waals surface area contributed by atoms with Crippen LogP contribution in [-0.4, -0.2) is 43.2 Å². The predicted octanol–water partition coefficient (Wildman–Crippen LogP) is 4.82. The first-order valence-corrected chi connectivity index (χ1v) is 12.8. The van der Waals surface area contributed by atoms with E-state index in [2.05, 4.69) is 11.4 Å². The number of piperidine rings is 1. The van der Waals surface area contributed by atoms with E-state index in [1.165, 1.54) is 22.0 Å². The van der Waals surface area contributed by atoms with Gasteiger partial charge in [-0.15, -0.1) is 0 Å². The van der Waals surface area contributed by atoms with E-state index in [0.717, 1.165) is 19.4 Å². The fourth-order valence-electron chi connectivity index (χ4n) is 4.23. The molecule has 2 aromatic rings. The van der Waals surface area contributed by atoms with Crippen molar-refractivity contribution in [2.45, 2.75) is 36.6 Å². The highest BCUT2D eigenvalue weighted by Gasteiger charge is 2.38. The van der Waals surface area contributed by atoms with Gasteiger partial charge < -0.3 is 4.90 Å². The molecule has 0 spiro atoms. The maximum Gasteiger partial charge on any atom is 0.244 e. The quantitative estimate of drug-likeness (QED) is 0.640. The van der Waals surface area contributed by atoms with Crippen LogP contribution in [0.3, 0.4) is 0 Å². The van der Waals surface area contributed by atoms with Crippen LogP contribution in [0.4, 0.5) is 0 Å². The van der Waals surface area contributed by atoms with E-state index in [-0.39, 0.29) is 27.8 Å². The Hall–Kier alpha value is -1.12. The number of rotatable bonds is 4. The summed E-state index contributed by atoms with van der Waals surface area (Å²) in [6.07, 6.45) is 3.03. The Morgan fingerprint density at radius 2 is 1.83 bits per heavy atom. The zero-order chi connectivity index (χ0) is 20.6. The first-order valence-electron chi connectivity index (χ1n) is 9.65. The van der Waals surface area contributed by atoms with Crippen molar-refractivity contribution >= 4 is 50.5 Å². The highest BCUT2D eigenvalue weighted by atomic mass is 35.5. The molecule has 156 valence electrons. The van der Waals surface area contributed by atoms with Gasteiger partial charge >= 0.3 is 0 Å². The molecule has 1 unspecified atom stereocenters. The molecule has 2 aliphatic heterocycles. The molecule has 2 saturated heterocycles. The standard InChI is InChI=1S/C20H22Cl2N2O3S2/c21-16-3-4-17(22)19(12-16)29(26,27)23-9-5-14(6-10-23)20(25)24-8-1-2-18(24)15-7-11-28-13-15/h3-4,7,11-14,18H,1-2,5-6,8-10H2. The van der Waals surface area contributed by atoms with Crippen LogP contribution < -0.4 is 0 Å². The molecule has 1 amide bonds. The fourth-order valence-corrected chi connectivity index (χ4v) is 7.15. The van der Waals surface area contributed by atoms with Crippen molar-refractivity contribution in [3.05, 3.63) is 50.6 Å². The lowest BCUT2D eigenvalue weighted by Crippen LogP contribution is -2.44. The summed E-state index contributed by atoms with van der Waals surface area (Å²) in [5.74, 6) is 0.00653. The summed E-state index contributed by atoms with van der Waals surface area (Å²) in [6, 6.07) is 6.68. The number of halogens is 2. The molecule has 2 aliphatic rings. The lowest BCUT2D eigenvalue weighted by molar-refractivity contribution is -0.137. The molecule has 0 saturated carbocycles. The normalized spacial score (nSPS) is 21.6. The van der Waals surface area contributed by atoms with Crippen molar-refractivity contribution in [2.24, 2.45) is 5.92 Å². The maximum atomic E-state index is 13.2. The third-order valence-electron chi connectivity index (χ3n) is 5.78. The molecule has 1 atom stereocenters. The van der Waals surface area contributed by atoms with Gasteiger partial charge in [0, 0.05) is 30.6 Å². The minimum Gasteiger partial charge on any atom is -0.335 e. The zero-order valence-electron chi connectivity index (χ0n) is 15.8. The van der Waals surface area contributed by atoms with E-state index in [4.69, 9.17) is 23.2 Å². The van der Waals surface area contributed by atoms with E-state index in [0.29, 0.717) is 31.0 Å². The SMILES string of the molecule is O=C(C1CCN(S(=O)(=O)c2cc(Cl)ccc2Cl)CC1)N1CCCC1c1ccsc1. The Labute approximate surface area is 185 Å². The molecule has 29 heavy (non-hydrogen) atoms. The summed E-state index contributed by atoms with van der Waals surface area (Å²) in [6.45, 7) is 1.38. The molecular formula is C20H22Cl2N2O3S2. The minimum atomic E-state index is -3.74. The second-order valence-electron chi connectivity index (χ2n) is 7.50. The number of thiophene rings is 1. The van der Waals surface area contributed by atoms with Crippen LogP contribution in [0.1, 0.15) is 37.3 Å². The van der Waals surface area contributed by atoms with Crippen molar-refractivity contribution in [2.75, 3.05) is 19.6 Å². The third-order valence-corrected chi connectivity index (χ3v) is 9.09. The van der Waals surface area contributed by atoms with Gasteiger partial charge in [0.2, 0.25) is 15.9 Å². The lowest BCUT2D eigenvalue weighted by Gasteiger charge is -2.34. The van der Waals surface area contributed by atoms with Crippen molar-refractivity contribution < 1.29 is 13.2 Å². The average molecular weight is 473 g/mol. The van der Waals surface area contributed by atoms with Crippen LogP contribution in [-0.2, 0) is 14.8 Å². The molecule has 1 aromatic carbocycles. The molecule has 3 heterocycles. The van der Waals surface area contributed by atoms with Gasteiger partial charge in [0.05, 0.1) is 11.1 Å². The molecular weight excluding hydrogens is 451 g/mol. The summed E-state index contributed by atoms with van der Waals surface area (Å²) in [5, 5.41) is 4.63. The van der Waals surface area contributed by atoms with E-state index in [1.54, 1.807) is 17.4 Å². The van der Waals surface area contributed by atoms with Gasteiger partial charge in [-0.3, -0.25) is 4.79 Å². The molecule has 1 aromatic heterocycles. The third kappa shape index (κ3) is 4.21. The topological polar surface area (TPSA) is 57.7 Å². The average Bonchev–Trinajstić information content (AvgIpc) is 3.40. The second-order valence-corrected chi connectivity index (χ2v) is 11.0. The van der Waals surface area contributed by atoms with Gasteiger partial charge in [0.15, 0.2) is 0 Å². The lowest BCUT2D eigenvalue weighted by atomic mass is 9.95. The van der Waals surface area contributed by atoms with Crippen molar-refractivity contribution in [3.63, 3.8) is 0 Å². The fraction of sp³-hybridized carbons (Fsp3) is 0.450. The number of sulfonamides is 1. The first-order chi connectivity index (χ1) is 13.9. The molecule has 0 radical (unpaired) electrons. The predicted molar refractivity (Wildman–Crippen MR) is 116 cm³/mol. The monoisotopic (exact) mass is 472 g/mol. The minimum absolute atomic E-state index is 0.0218. The summed E-state index contributed by atoms with van der Waals surface area (Å²) in [5.41, 5.74) is 1.21. The number of carbonyl (C=O) groups excluding carboxylic acids is 1. The molecule has 5 nitrogen and oxygen atoms in total. The van der Waals surface area contributed by atoms with E-state index >= 15 is 0 Å². The highest BCUT2D eigenvalue weighted by Crippen LogP contribution is 2.36. The van der Waals surface area contributed by atoms with Crippen LogP contribution >= 0.6 is 34.5 Å². The van der Waals surface area contributed by atoms with Crippen LogP contribution in [0.15, 0.2) is 39.9 Å². The summed E-state index contributed by atoms with van der Waals surface area (Å²) in [7, 11) is -3.74. The number of carbonyl (C=O) groups is 1. The number of amides is 1. The van der Waals surface area contributed by atoms with Crippen molar-refractivity contribution in [1.82, 2.24) is 9.21 Å². The largest absolute Gasteiger partial charge is 0.335 e. The molecule has 0 bridgehead atoms. The Bertz CT molecular complexity index is 987. The Kier molecular flexibility index (Phi) is 6.23. The Morgan fingerprint density at radius 3 is 2.52 bits per heavy atom. The van der Waals surface area contributed by atoms with Gasteiger partial charge in [0.1, 0.15) is 4.90 Å². The van der Waals surface area contributed by atoms with Gasteiger partial charge in [-0.2, -0.15) is 15.6 Å². The smallest absolute Gasteiger partial charge is 0.244 e. The Morgan fingerprint density at radius 1 is 1.07 bits per heavy atom. The number of benzene rings is 1. The van der Waals surface area contributed by atoms with E-state index in [1.807, 2.05) is 10.3 Å². The van der Waals surface area contributed by atoms with E-state index < -0.39 is 10.0 Å². The van der Waals surface area contributed by atoms with Crippen LogP contribution in [0.25, 0.3) is 0 Å². The number of hydrogen-bond acceptors (Lipinski definition) is 4. The molecule has 2 fully saturated rings. The summed E-state index contributed by atoms with van der Waals surface area (Å²) < 4.78 is 27.4. The van der Waals surface area contributed by atoms with Gasteiger partial charge in [0.25, 0.3) is 0 Å². The van der Waals surface area contributed by atoms with Gasteiger partial charge in [-0.05, 0) is 66.3 Å². The van der Waals surface area contributed by atoms with Crippen LogP contribution in [0, 0.1) is 5.92 Å². The van der Waals surface area contributed by atoms with Gasteiger partial charge in [-0.25, -0.2) is 8.42 Å².